The van der Waals surface area contributed by atoms with Crippen molar-refractivity contribution in [2.24, 2.45) is 4.99 Å². The fourth-order valence-electron chi connectivity index (χ4n) is 2.54. The van der Waals surface area contributed by atoms with Gasteiger partial charge in [-0.3, -0.25) is 4.99 Å². The standard InChI is InChI=1S/C18H26N4O2S/c1-13-21-15(12-25-13)11-22(3)18(19-2)20-9-8-14-6-7-16(23-4)17(10-14)24-5/h6-7,10,12H,8-9,11H2,1-5H3,(H,19,20). The molecular weight excluding hydrogens is 336 g/mol. The number of benzene rings is 1. The van der Waals surface area contributed by atoms with Crippen LogP contribution in [-0.4, -0.2) is 50.7 Å². The number of methoxy groups -OCH3 is 2. The van der Waals surface area contributed by atoms with Gasteiger partial charge in [-0.2, -0.15) is 0 Å². The fourth-order valence-corrected chi connectivity index (χ4v) is 3.14. The lowest BCUT2D eigenvalue weighted by molar-refractivity contribution is 0.354. The van der Waals surface area contributed by atoms with E-state index in [1.54, 1.807) is 32.6 Å². The summed E-state index contributed by atoms with van der Waals surface area (Å²) in [6.45, 7) is 3.54. The van der Waals surface area contributed by atoms with Crippen LogP contribution in [0.3, 0.4) is 0 Å². The van der Waals surface area contributed by atoms with Crippen molar-refractivity contribution in [2.45, 2.75) is 19.9 Å². The number of hydrogen-bond donors (Lipinski definition) is 1. The van der Waals surface area contributed by atoms with Gasteiger partial charge in [-0.15, -0.1) is 11.3 Å². The zero-order valence-corrected chi connectivity index (χ0v) is 16.3. The van der Waals surface area contributed by atoms with Gasteiger partial charge in [0.1, 0.15) is 0 Å². The topological polar surface area (TPSA) is 59.0 Å². The molecule has 0 bridgehead atoms. The van der Waals surface area contributed by atoms with Gasteiger partial charge in [0.05, 0.1) is 31.5 Å². The second-order valence-electron chi connectivity index (χ2n) is 5.63. The van der Waals surface area contributed by atoms with Gasteiger partial charge in [-0.05, 0) is 31.0 Å². The Hall–Kier alpha value is -2.28. The molecule has 0 amide bonds. The minimum atomic E-state index is 0.736. The molecule has 1 aromatic carbocycles. The van der Waals surface area contributed by atoms with E-state index in [0.717, 1.165) is 47.7 Å². The maximum atomic E-state index is 5.35. The molecule has 0 unspecified atom stereocenters. The first kappa shape index (κ1) is 19.1. The van der Waals surface area contributed by atoms with Crippen LogP contribution in [0.15, 0.2) is 28.6 Å². The van der Waals surface area contributed by atoms with E-state index < -0.39 is 0 Å². The first-order valence-electron chi connectivity index (χ1n) is 8.11. The lowest BCUT2D eigenvalue weighted by Gasteiger charge is -2.21. The molecule has 1 N–H and O–H groups in total. The minimum absolute atomic E-state index is 0.736. The normalized spacial score (nSPS) is 11.3. The quantitative estimate of drug-likeness (QED) is 0.606. The van der Waals surface area contributed by atoms with E-state index in [9.17, 15) is 0 Å². The monoisotopic (exact) mass is 362 g/mol. The van der Waals surface area contributed by atoms with Gasteiger partial charge in [0.15, 0.2) is 17.5 Å². The number of hydrogen-bond acceptors (Lipinski definition) is 5. The number of guanidine groups is 1. The zero-order valence-electron chi connectivity index (χ0n) is 15.5. The SMILES string of the molecule is CN=C(NCCc1ccc(OC)c(OC)c1)N(C)Cc1csc(C)n1. The molecule has 2 aromatic rings. The summed E-state index contributed by atoms with van der Waals surface area (Å²) in [7, 11) is 7.10. The smallest absolute Gasteiger partial charge is 0.193 e. The summed E-state index contributed by atoms with van der Waals surface area (Å²) in [5.74, 6) is 2.35. The van der Waals surface area contributed by atoms with Crippen LogP contribution in [0.1, 0.15) is 16.3 Å². The molecule has 2 rings (SSSR count). The van der Waals surface area contributed by atoms with E-state index in [-0.39, 0.29) is 0 Å². The van der Waals surface area contributed by atoms with Crippen molar-refractivity contribution in [1.29, 1.82) is 0 Å². The molecule has 25 heavy (non-hydrogen) atoms. The van der Waals surface area contributed by atoms with E-state index in [0.29, 0.717) is 0 Å². The van der Waals surface area contributed by atoms with Crippen LogP contribution in [0.25, 0.3) is 0 Å². The molecule has 0 saturated heterocycles. The van der Waals surface area contributed by atoms with E-state index >= 15 is 0 Å². The summed E-state index contributed by atoms with van der Waals surface area (Å²) in [5.41, 5.74) is 2.24. The van der Waals surface area contributed by atoms with Crippen LogP contribution >= 0.6 is 11.3 Å². The highest BCUT2D eigenvalue weighted by molar-refractivity contribution is 7.09. The molecule has 0 fully saturated rings. The van der Waals surface area contributed by atoms with Crippen LogP contribution in [0.2, 0.25) is 0 Å². The van der Waals surface area contributed by atoms with Crippen LogP contribution in [-0.2, 0) is 13.0 Å². The van der Waals surface area contributed by atoms with Crippen molar-refractivity contribution in [3.8, 4) is 11.5 Å². The highest BCUT2D eigenvalue weighted by Crippen LogP contribution is 2.27. The molecule has 1 heterocycles. The lowest BCUT2D eigenvalue weighted by Crippen LogP contribution is -2.39. The molecule has 7 heteroatoms. The number of aliphatic imine (C=N–C) groups is 1. The van der Waals surface area contributed by atoms with Crippen LogP contribution < -0.4 is 14.8 Å². The van der Waals surface area contributed by atoms with Gasteiger partial charge in [0.2, 0.25) is 0 Å². The van der Waals surface area contributed by atoms with Crippen molar-refractivity contribution in [1.82, 2.24) is 15.2 Å². The van der Waals surface area contributed by atoms with Gasteiger partial charge in [0.25, 0.3) is 0 Å². The Morgan fingerprint density at radius 3 is 2.64 bits per heavy atom. The Labute approximate surface area is 153 Å². The zero-order chi connectivity index (χ0) is 18.2. The van der Waals surface area contributed by atoms with Crippen molar-refractivity contribution in [2.75, 3.05) is 34.9 Å². The van der Waals surface area contributed by atoms with E-state index in [1.807, 2.05) is 32.2 Å². The largest absolute Gasteiger partial charge is 0.493 e. The Morgan fingerprint density at radius 1 is 1.28 bits per heavy atom. The average molecular weight is 362 g/mol. The predicted octanol–water partition coefficient (Wildman–Crippen LogP) is 2.72. The van der Waals surface area contributed by atoms with Crippen LogP contribution in [0, 0.1) is 6.92 Å². The molecule has 0 spiro atoms. The first-order chi connectivity index (χ1) is 12.1. The van der Waals surface area contributed by atoms with E-state index in [4.69, 9.17) is 9.47 Å². The summed E-state index contributed by atoms with van der Waals surface area (Å²) in [6.07, 6.45) is 0.864. The third-order valence-electron chi connectivity index (χ3n) is 3.78. The number of nitrogens with one attached hydrogen (secondary N) is 1. The van der Waals surface area contributed by atoms with Crippen molar-refractivity contribution in [3.05, 3.63) is 39.8 Å². The summed E-state index contributed by atoms with van der Waals surface area (Å²) in [6, 6.07) is 5.98. The van der Waals surface area contributed by atoms with Gasteiger partial charge in [-0.25, -0.2) is 4.98 Å². The minimum Gasteiger partial charge on any atom is -0.493 e. The Balaban J connectivity index is 1.88. The van der Waals surface area contributed by atoms with Gasteiger partial charge >= 0.3 is 0 Å². The number of aryl methyl sites for hydroxylation is 1. The number of nitrogens with zero attached hydrogens (tertiary/aromatic N) is 3. The number of ether oxygens (including phenoxy) is 2. The summed E-state index contributed by atoms with van der Waals surface area (Å²) < 4.78 is 10.6. The molecule has 0 saturated carbocycles. The number of rotatable bonds is 7. The number of aromatic nitrogens is 1. The molecule has 1 aromatic heterocycles. The van der Waals surface area contributed by atoms with Crippen LogP contribution in [0.5, 0.6) is 11.5 Å². The Kier molecular flexibility index (Phi) is 7.06. The molecular formula is C18H26N4O2S. The summed E-state index contributed by atoms with van der Waals surface area (Å²) in [5, 5.41) is 6.56. The maximum absolute atomic E-state index is 5.35. The highest BCUT2D eigenvalue weighted by Gasteiger charge is 2.09. The predicted molar refractivity (Wildman–Crippen MR) is 103 cm³/mol. The molecule has 0 atom stereocenters. The molecule has 0 aliphatic carbocycles. The average Bonchev–Trinajstić information content (AvgIpc) is 3.03. The first-order valence-corrected chi connectivity index (χ1v) is 8.99. The molecule has 0 radical (unpaired) electrons. The molecule has 6 nitrogen and oxygen atoms in total. The van der Waals surface area contributed by atoms with Crippen LogP contribution in [0.4, 0.5) is 0 Å². The molecule has 0 aliphatic rings. The second kappa shape index (κ2) is 9.27. The molecule has 136 valence electrons. The maximum Gasteiger partial charge on any atom is 0.193 e. The third-order valence-corrected chi connectivity index (χ3v) is 4.61. The third kappa shape index (κ3) is 5.35. The summed E-state index contributed by atoms with van der Waals surface area (Å²) >= 11 is 1.67. The summed E-state index contributed by atoms with van der Waals surface area (Å²) in [4.78, 5) is 10.9. The number of thiazole rings is 1. The van der Waals surface area contributed by atoms with E-state index in [2.05, 4.69) is 25.6 Å². The Morgan fingerprint density at radius 2 is 2.04 bits per heavy atom. The van der Waals surface area contributed by atoms with Crippen molar-refractivity contribution < 1.29 is 9.47 Å². The van der Waals surface area contributed by atoms with Crippen molar-refractivity contribution >= 4 is 17.3 Å². The lowest BCUT2D eigenvalue weighted by atomic mass is 10.1. The van der Waals surface area contributed by atoms with Gasteiger partial charge in [0, 0.05) is 26.0 Å². The Bertz CT molecular complexity index is 715. The second-order valence-corrected chi connectivity index (χ2v) is 6.69. The van der Waals surface area contributed by atoms with Gasteiger partial charge < -0.3 is 19.7 Å². The van der Waals surface area contributed by atoms with Crippen molar-refractivity contribution in [3.63, 3.8) is 0 Å². The fraction of sp³-hybridized carbons (Fsp3) is 0.444. The van der Waals surface area contributed by atoms with E-state index in [1.165, 1.54) is 5.56 Å². The molecule has 0 aliphatic heterocycles. The van der Waals surface area contributed by atoms with Gasteiger partial charge in [-0.1, -0.05) is 6.07 Å². The highest BCUT2D eigenvalue weighted by atomic mass is 32.1.